The molecule has 1 aromatic rings. The number of alkyl halides is 3. The summed E-state index contributed by atoms with van der Waals surface area (Å²) in [5.74, 6) is -1.00. The molecule has 6 nitrogen and oxygen atoms in total. The van der Waals surface area contributed by atoms with Crippen molar-refractivity contribution in [2.24, 2.45) is 27.2 Å². The van der Waals surface area contributed by atoms with E-state index in [1.165, 1.54) is 12.1 Å². The first kappa shape index (κ1) is 13.6. The zero-order valence-corrected chi connectivity index (χ0v) is 8.98. The van der Waals surface area contributed by atoms with Crippen molar-refractivity contribution in [2.75, 3.05) is 0 Å². The highest BCUT2D eigenvalue weighted by Gasteiger charge is 2.31. The summed E-state index contributed by atoms with van der Waals surface area (Å²) in [6.07, 6.45) is -4.77. The number of nitrogens with two attached hydrogens (primary N) is 3. The summed E-state index contributed by atoms with van der Waals surface area (Å²) in [7, 11) is 0. The second kappa shape index (κ2) is 5.25. The predicted octanol–water partition coefficient (Wildman–Crippen LogP) is 0.805. The minimum atomic E-state index is -4.77. The number of benzene rings is 1. The van der Waals surface area contributed by atoms with Gasteiger partial charge in [0.1, 0.15) is 5.75 Å². The van der Waals surface area contributed by atoms with Crippen LogP contribution in [0.4, 0.5) is 18.9 Å². The third-order valence-corrected chi connectivity index (χ3v) is 1.54. The fourth-order valence-electron chi connectivity index (χ4n) is 1.04. The van der Waals surface area contributed by atoms with Gasteiger partial charge in [0.05, 0.1) is 5.69 Å². The van der Waals surface area contributed by atoms with Crippen molar-refractivity contribution in [3.63, 3.8) is 0 Å². The number of hydrogen-bond donors (Lipinski definition) is 3. The molecule has 1 aromatic carbocycles. The molecule has 0 atom stereocenters. The minimum absolute atomic E-state index is 0.124. The maximum Gasteiger partial charge on any atom is 0.573 e. The van der Waals surface area contributed by atoms with Crippen molar-refractivity contribution < 1.29 is 17.9 Å². The molecule has 0 fully saturated rings. The van der Waals surface area contributed by atoms with Crippen LogP contribution >= 0.6 is 0 Å². The van der Waals surface area contributed by atoms with Crippen molar-refractivity contribution in [1.29, 1.82) is 0 Å². The predicted molar refractivity (Wildman–Crippen MR) is 60.2 cm³/mol. The number of nitrogens with zero attached hydrogens (tertiary/aromatic N) is 2. The van der Waals surface area contributed by atoms with Gasteiger partial charge >= 0.3 is 6.36 Å². The van der Waals surface area contributed by atoms with E-state index in [0.717, 1.165) is 12.1 Å². The lowest BCUT2D eigenvalue weighted by atomic mass is 10.3. The quantitative estimate of drug-likeness (QED) is 0.540. The fraction of sp³-hybridized carbons (Fsp3) is 0.111. The zero-order chi connectivity index (χ0) is 13.8. The Balaban J connectivity index is 2.92. The van der Waals surface area contributed by atoms with Crippen LogP contribution in [0.5, 0.6) is 5.75 Å². The lowest BCUT2D eigenvalue weighted by Crippen LogP contribution is -2.26. The van der Waals surface area contributed by atoms with Gasteiger partial charge in [-0.1, -0.05) is 6.07 Å². The number of hydrogen-bond acceptors (Lipinski definition) is 2. The van der Waals surface area contributed by atoms with E-state index < -0.39 is 12.1 Å². The van der Waals surface area contributed by atoms with Crippen LogP contribution in [0.1, 0.15) is 0 Å². The maximum absolute atomic E-state index is 12.0. The monoisotopic (exact) mass is 261 g/mol. The van der Waals surface area contributed by atoms with Gasteiger partial charge in [-0.25, -0.2) is 4.99 Å². The Labute approximate surface area is 99.9 Å². The number of ether oxygens (including phenoxy) is 1. The van der Waals surface area contributed by atoms with Gasteiger partial charge in [-0.2, -0.15) is 4.99 Å². The van der Waals surface area contributed by atoms with Crippen molar-refractivity contribution in [3.05, 3.63) is 24.3 Å². The highest BCUT2D eigenvalue weighted by atomic mass is 19.4. The van der Waals surface area contributed by atoms with Crippen LogP contribution in [0.3, 0.4) is 0 Å². The van der Waals surface area contributed by atoms with Gasteiger partial charge in [-0.05, 0) is 12.1 Å². The summed E-state index contributed by atoms with van der Waals surface area (Å²) < 4.78 is 39.6. The first-order chi connectivity index (χ1) is 8.26. The molecule has 0 bridgehead atoms. The standard InChI is InChI=1S/C9H10F3N5O/c10-9(11,12)18-6-3-1-2-5(4-6)16-8(15)17-7(13)14/h1-4H,(H6,13,14,15,16,17). The van der Waals surface area contributed by atoms with Crippen LogP contribution in [-0.2, 0) is 0 Å². The van der Waals surface area contributed by atoms with Crippen molar-refractivity contribution >= 4 is 17.6 Å². The normalized spacial score (nSPS) is 12.1. The summed E-state index contributed by atoms with van der Waals surface area (Å²) in [5, 5.41) is 0. The van der Waals surface area contributed by atoms with Gasteiger partial charge in [-0.3, -0.25) is 0 Å². The molecule has 0 saturated heterocycles. The van der Waals surface area contributed by atoms with Gasteiger partial charge in [0, 0.05) is 6.07 Å². The van der Waals surface area contributed by atoms with Gasteiger partial charge in [0.2, 0.25) is 5.96 Å². The van der Waals surface area contributed by atoms with E-state index in [1.54, 1.807) is 0 Å². The summed E-state index contributed by atoms with van der Waals surface area (Å²) in [6, 6.07) is 4.91. The summed E-state index contributed by atoms with van der Waals surface area (Å²) in [4.78, 5) is 7.10. The molecule has 0 aliphatic heterocycles. The number of rotatable bonds is 2. The van der Waals surface area contributed by atoms with E-state index in [4.69, 9.17) is 17.2 Å². The molecule has 0 radical (unpaired) electrons. The maximum atomic E-state index is 12.0. The van der Waals surface area contributed by atoms with Crippen molar-refractivity contribution in [2.45, 2.75) is 6.36 Å². The number of guanidine groups is 2. The third-order valence-electron chi connectivity index (χ3n) is 1.54. The molecule has 0 unspecified atom stereocenters. The Morgan fingerprint density at radius 2 is 1.83 bits per heavy atom. The number of aliphatic imine (C=N–C) groups is 2. The lowest BCUT2D eigenvalue weighted by Gasteiger charge is -2.08. The lowest BCUT2D eigenvalue weighted by molar-refractivity contribution is -0.274. The molecule has 6 N–H and O–H groups in total. The highest BCUT2D eigenvalue weighted by Crippen LogP contribution is 2.26. The average molecular weight is 261 g/mol. The highest BCUT2D eigenvalue weighted by molar-refractivity contribution is 5.93. The molecule has 0 saturated carbocycles. The van der Waals surface area contributed by atoms with Crippen LogP contribution in [0.25, 0.3) is 0 Å². The average Bonchev–Trinajstić information content (AvgIpc) is 2.13. The van der Waals surface area contributed by atoms with Crippen LogP contribution in [0, 0.1) is 0 Å². The molecule has 0 amide bonds. The number of halogens is 3. The SMILES string of the molecule is NC(N)=NC(N)=Nc1cccc(OC(F)(F)F)c1. The van der Waals surface area contributed by atoms with E-state index in [1.807, 2.05) is 0 Å². The molecule has 0 aliphatic rings. The van der Waals surface area contributed by atoms with Gasteiger partial charge in [-0.15, -0.1) is 13.2 Å². The Kier molecular flexibility index (Phi) is 3.97. The summed E-state index contributed by atoms with van der Waals surface area (Å²) in [5.41, 5.74) is 15.6. The second-order valence-corrected chi connectivity index (χ2v) is 3.05. The first-order valence-electron chi connectivity index (χ1n) is 4.56. The summed E-state index contributed by atoms with van der Waals surface area (Å²) >= 11 is 0. The van der Waals surface area contributed by atoms with Crippen LogP contribution < -0.4 is 21.9 Å². The molecular formula is C9H10F3N5O. The van der Waals surface area contributed by atoms with E-state index in [2.05, 4.69) is 14.7 Å². The topological polar surface area (TPSA) is 112 Å². The molecule has 18 heavy (non-hydrogen) atoms. The Bertz CT molecular complexity index is 479. The molecule has 98 valence electrons. The Morgan fingerprint density at radius 1 is 1.17 bits per heavy atom. The van der Waals surface area contributed by atoms with E-state index in [-0.39, 0.29) is 17.6 Å². The van der Waals surface area contributed by atoms with Crippen LogP contribution in [-0.4, -0.2) is 18.3 Å². The van der Waals surface area contributed by atoms with Crippen LogP contribution in [0.2, 0.25) is 0 Å². The van der Waals surface area contributed by atoms with Gasteiger partial charge in [0.15, 0.2) is 5.96 Å². The smallest absolute Gasteiger partial charge is 0.406 e. The Hall–Kier alpha value is -2.45. The first-order valence-corrected chi connectivity index (χ1v) is 4.56. The van der Waals surface area contributed by atoms with Crippen molar-refractivity contribution in [3.8, 4) is 5.75 Å². The zero-order valence-electron chi connectivity index (χ0n) is 8.98. The van der Waals surface area contributed by atoms with E-state index in [0.29, 0.717) is 0 Å². The molecule has 1 rings (SSSR count). The molecule has 0 heterocycles. The Morgan fingerprint density at radius 3 is 2.39 bits per heavy atom. The third kappa shape index (κ3) is 5.05. The minimum Gasteiger partial charge on any atom is -0.406 e. The molecular weight excluding hydrogens is 251 g/mol. The fourth-order valence-corrected chi connectivity index (χ4v) is 1.04. The van der Waals surface area contributed by atoms with Crippen molar-refractivity contribution in [1.82, 2.24) is 0 Å². The molecule has 0 aliphatic carbocycles. The molecule has 0 aromatic heterocycles. The van der Waals surface area contributed by atoms with E-state index >= 15 is 0 Å². The second-order valence-electron chi connectivity index (χ2n) is 3.05. The van der Waals surface area contributed by atoms with E-state index in [9.17, 15) is 13.2 Å². The van der Waals surface area contributed by atoms with Gasteiger partial charge in [0.25, 0.3) is 0 Å². The largest absolute Gasteiger partial charge is 0.573 e. The van der Waals surface area contributed by atoms with Crippen LogP contribution in [0.15, 0.2) is 34.3 Å². The summed E-state index contributed by atoms with van der Waals surface area (Å²) in [6.45, 7) is 0. The molecule has 0 spiro atoms. The molecule has 9 heteroatoms. The van der Waals surface area contributed by atoms with Gasteiger partial charge < -0.3 is 21.9 Å².